The highest BCUT2D eigenvalue weighted by atomic mass is 16.6. The number of pyridine rings is 1. The van der Waals surface area contributed by atoms with E-state index >= 15 is 0 Å². The van der Waals surface area contributed by atoms with E-state index in [0.717, 1.165) is 67.8 Å². The van der Waals surface area contributed by atoms with Gasteiger partial charge in [-0.05, 0) is 109 Å². The van der Waals surface area contributed by atoms with Crippen molar-refractivity contribution in [3.05, 3.63) is 141 Å². The van der Waals surface area contributed by atoms with Crippen molar-refractivity contribution in [3.8, 4) is 11.5 Å². The number of hydrogen-bond donors (Lipinski definition) is 5. The minimum Gasteiger partial charge on any atom is -0.506 e. The van der Waals surface area contributed by atoms with Gasteiger partial charge in [-0.3, -0.25) is 14.5 Å². The number of H-pyrrole nitrogens is 1. The van der Waals surface area contributed by atoms with E-state index in [1.165, 1.54) is 12.1 Å². The molecule has 9 rings (SSSR count). The molecule has 5 N–H and O–H groups in total. The Bertz CT molecular complexity index is 2250. The zero-order chi connectivity index (χ0) is 40.0. The normalized spacial score (nSPS) is 20.4. The second kappa shape index (κ2) is 17.8. The summed E-state index contributed by atoms with van der Waals surface area (Å²) >= 11 is 0. The summed E-state index contributed by atoms with van der Waals surface area (Å²) in [6.45, 7) is 5.56. The third-order valence-electron chi connectivity index (χ3n) is 12.0. The minimum absolute atomic E-state index is 0.00531. The van der Waals surface area contributed by atoms with Crippen LogP contribution in [0.15, 0.2) is 108 Å². The Kier molecular flexibility index (Phi) is 12.0. The molecule has 4 aromatic carbocycles. The Morgan fingerprint density at radius 3 is 2.34 bits per heavy atom. The van der Waals surface area contributed by atoms with Gasteiger partial charge in [0.25, 0.3) is 5.91 Å². The third-order valence-corrected chi connectivity index (χ3v) is 12.0. The average molecular weight is 786 g/mol. The van der Waals surface area contributed by atoms with E-state index in [-0.39, 0.29) is 29.9 Å². The van der Waals surface area contributed by atoms with Gasteiger partial charge in [0.2, 0.25) is 5.56 Å². The van der Waals surface area contributed by atoms with Crippen molar-refractivity contribution in [2.24, 2.45) is 11.8 Å². The predicted molar refractivity (Wildman–Crippen MR) is 221 cm³/mol. The highest BCUT2D eigenvalue weighted by Gasteiger charge is 2.37. The number of hydrogen-bond acceptors (Lipinski definition) is 9. The average Bonchev–Trinajstić information content (AvgIpc) is 3.26. The lowest BCUT2D eigenvalue weighted by molar-refractivity contribution is -0.0336. The van der Waals surface area contributed by atoms with Crippen LogP contribution in [0.5, 0.6) is 11.5 Å². The van der Waals surface area contributed by atoms with Gasteiger partial charge in [0.05, 0.1) is 24.3 Å². The molecule has 4 aliphatic rings. The number of alkyl carbamates (subject to hydrolysis) is 1. The summed E-state index contributed by atoms with van der Waals surface area (Å²) in [5.74, 6) is 1.42. The minimum atomic E-state index is -0.862. The number of aliphatic hydroxyl groups is 1. The molecule has 4 aliphatic heterocycles. The standard InChI is InChI=1S/C46H51N5O7/c52-39-15-13-37(38-14-16-42(54)48-44(38)39)40(53)27-47-26-30-9-11-34(12-10-30)45(55)51-23-17-31(18-24-51)29-57-36-8-4-7-35(25-36)43(33-5-2-1-3-6-33)49-46(56)58-41-28-50-21-19-32(41)20-22-50/h1-16,25,31-32,40-41,43,47,52-53H,17-24,26-29H2,(H,48,54)(H,49,56)/t40-,41+,43-/m0/s1. The van der Waals surface area contributed by atoms with E-state index in [2.05, 4.69) is 20.5 Å². The highest BCUT2D eigenvalue weighted by Crippen LogP contribution is 2.32. The molecule has 3 atom stereocenters. The lowest BCUT2D eigenvalue weighted by Gasteiger charge is -2.43. The summed E-state index contributed by atoms with van der Waals surface area (Å²) in [6.07, 6.45) is 2.49. The fourth-order valence-electron chi connectivity index (χ4n) is 8.60. The summed E-state index contributed by atoms with van der Waals surface area (Å²) < 4.78 is 12.3. The molecule has 58 heavy (non-hydrogen) atoms. The zero-order valence-electron chi connectivity index (χ0n) is 32.5. The number of carbonyl (C=O) groups is 2. The lowest BCUT2D eigenvalue weighted by Crippen LogP contribution is -2.52. The Balaban J connectivity index is 0.800. The molecule has 4 fully saturated rings. The number of nitrogens with zero attached hydrogens (tertiary/aromatic N) is 2. The van der Waals surface area contributed by atoms with E-state index in [0.29, 0.717) is 60.1 Å². The maximum Gasteiger partial charge on any atom is 0.408 e. The Morgan fingerprint density at radius 2 is 1.60 bits per heavy atom. The van der Waals surface area contributed by atoms with Gasteiger partial charge in [0, 0.05) is 49.7 Å². The molecule has 0 saturated carbocycles. The van der Waals surface area contributed by atoms with Crippen molar-refractivity contribution in [2.45, 2.75) is 50.5 Å². The van der Waals surface area contributed by atoms with Crippen molar-refractivity contribution < 1.29 is 29.3 Å². The molecule has 5 aromatic rings. The first-order chi connectivity index (χ1) is 28.3. The smallest absolute Gasteiger partial charge is 0.408 e. The fourth-order valence-corrected chi connectivity index (χ4v) is 8.60. The molecule has 2 bridgehead atoms. The predicted octanol–water partition coefficient (Wildman–Crippen LogP) is 5.90. The van der Waals surface area contributed by atoms with Crippen molar-refractivity contribution in [1.82, 2.24) is 25.4 Å². The second-order valence-corrected chi connectivity index (χ2v) is 15.8. The number of ether oxygens (including phenoxy) is 2. The summed E-state index contributed by atoms with van der Waals surface area (Å²) in [5, 5.41) is 28.0. The molecule has 302 valence electrons. The number of piperidine rings is 4. The number of aromatic amines is 1. The van der Waals surface area contributed by atoms with E-state index in [9.17, 15) is 24.6 Å². The Hall–Kier alpha value is -5.69. The molecule has 4 saturated heterocycles. The molecule has 5 heterocycles. The third kappa shape index (κ3) is 9.20. The maximum atomic E-state index is 13.4. The van der Waals surface area contributed by atoms with Gasteiger partial charge in [-0.15, -0.1) is 0 Å². The van der Waals surface area contributed by atoms with Gasteiger partial charge < -0.3 is 40.2 Å². The summed E-state index contributed by atoms with van der Waals surface area (Å²) in [5.41, 5.74) is 4.05. The van der Waals surface area contributed by atoms with Crippen molar-refractivity contribution >= 4 is 22.9 Å². The van der Waals surface area contributed by atoms with Crippen molar-refractivity contribution in [1.29, 1.82) is 0 Å². The topological polar surface area (TPSA) is 156 Å². The van der Waals surface area contributed by atoms with Crippen LogP contribution in [0.3, 0.4) is 0 Å². The molecular formula is C46H51N5O7. The first-order valence-corrected chi connectivity index (χ1v) is 20.4. The number of likely N-dealkylation sites (tertiary alicyclic amines) is 1. The summed E-state index contributed by atoms with van der Waals surface area (Å²) in [7, 11) is 0. The quantitative estimate of drug-likeness (QED) is 0.0982. The van der Waals surface area contributed by atoms with Crippen LogP contribution in [-0.4, -0.2) is 89.0 Å². The maximum absolute atomic E-state index is 13.4. The number of nitrogens with one attached hydrogen (secondary N) is 3. The van der Waals surface area contributed by atoms with Gasteiger partial charge >= 0.3 is 6.09 Å². The number of aliphatic hydroxyl groups excluding tert-OH is 1. The van der Waals surface area contributed by atoms with E-state index < -0.39 is 18.2 Å². The molecule has 0 unspecified atom stereocenters. The van der Waals surface area contributed by atoms with Gasteiger partial charge in [-0.2, -0.15) is 0 Å². The molecule has 0 spiro atoms. The number of aromatic nitrogens is 1. The first-order valence-electron chi connectivity index (χ1n) is 20.4. The number of phenols is 1. The molecule has 1 aromatic heterocycles. The Morgan fingerprint density at radius 1 is 0.845 bits per heavy atom. The van der Waals surface area contributed by atoms with Crippen molar-refractivity contribution in [3.63, 3.8) is 0 Å². The van der Waals surface area contributed by atoms with Gasteiger partial charge in [0.1, 0.15) is 17.6 Å². The van der Waals surface area contributed by atoms with Crippen LogP contribution in [0.4, 0.5) is 4.79 Å². The summed E-state index contributed by atoms with van der Waals surface area (Å²) in [4.78, 5) is 45.3. The number of fused-ring (bicyclic) bond motifs is 4. The highest BCUT2D eigenvalue weighted by molar-refractivity contribution is 5.94. The van der Waals surface area contributed by atoms with Crippen LogP contribution in [0.25, 0.3) is 10.9 Å². The molecule has 0 aliphatic carbocycles. The van der Waals surface area contributed by atoms with Crippen LogP contribution in [0.2, 0.25) is 0 Å². The van der Waals surface area contributed by atoms with Gasteiger partial charge in [-0.25, -0.2) is 4.79 Å². The lowest BCUT2D eigenvalue weighted by atomic mass is 9.86. The molecule has 12 nitrogen and oxygen atoms in total. The largest absolute Gasteiger partial charge is 0.506 e. The van der Waals surface area contributed by atoms with Crippen LogP contribution in [-0.2, 0) is 11.3 Å². The number of benzene rings is 4. The van der Waals surface area contributed by atoms with Crippen LogP contribution >= 0.6 is 0 Å². The monoisotopic (exact) mass is 785 g/mol. The fraction of sp³-hybridized carbons (Fsp3) is 0.370. The van der Waals surface area contributed by atoms with Crippen LogP contribution < -0.4 is 20.9 Å². The van der Waals surface area contributed by atoms with Crippen LogP contribution in [0.1, 0.15) is 70.4 Å². The number of amides is 2. The summed E-state index contributed by atoms with van der Waals surface area (Å²) in [6, 6.07) is 31.0. The van der Waals surface area contributed by atoms with Gasteiger partial charge in [0.15, 0.2) is 0 Å². The molecule has 0 radical (unpaired) electrons. The molecule has 12 heteroatoms. The number of aromatic hydroxyl groups is 1. The molecule has 2 amide bonds. The van der Waals surface area contributed by atoms with E-state index in [4.69, 9.17) is 9.47 Å². The number of rotatable bonds is 13. The molecular weight excluding hydrogens is 735 g/mol. The Labute approximate surface area is 337 Å². The first kappa shape index (κ1) is 39.2. The SMILES string of the molecule is O=C(N[C@@H](c1ccccc1)c1cccc(OCC2CCN(C(=O)c3ccc(CNC[C@H](O)c4ccc(O)c5[nH]c(=O)ccc45)cc3)CC2)c1)O[C@@H]1CN2CCC1CC2. The van der Waals surface area contributed by atoms with E-state index in [1.807, 2.05) is 83.8 Å². The number of carbonyl (C=O) groups excluding carboxylic acids is 2. The van der Waals surface area contributed by atoms with Crippen LogP contribution in [0, 0.1) is 11.8 Å². The zero-order valence-corrected chi connectivity index (χ0v) is 32.5. The van der Waals surface area contributed by atoms with Crippen molar-refractivity contribution in [2.75, 3.05) is 45.9 Å². The number of phenolic OH excluding ortho intramolecular Hbond substituents is 1. The van der Waals surface area contributed by atoms with Gasteiger partial charge in [-0.1, -0.05) is 60.7 Å². The second-order valence-electron chi connectivity index (χ2n) is 15.8. The van der Waals surface area contributed by atoms with E-state index in [1.54, 1.807) is 12.1 Å².